The molecule has 0 heterocycles. The van der Waals surface area contributed by atoms with Crippen LogP contribution in [0.3, 0.4) is 0 Å². The Morgan fingerprint density at radius 3 is 2.33 bits per heavy atom. The molecule has 0 amide bonds. The molecule has 0 unspecified atom stereocenters. The number of hydrogen-bond donors (Lipinski definition) is 0. The van der Waals surface area contributed by atoms with Crippen molar-refractivity contribution in [1.82, 2.24) is 0 Å². The molecule has 0 atom stereocenters. The topological polar surface area (TPSA) is 9.23 Å². The van der Waals surface area contributed by atoms with E-state index in [2.05, 4.69) is 0 Å². The van der Waals surface area contributed by atoms with Gasteiger partial charge in [0, 0.05) is 5.56 Å². The van der Waals surface area contributed by atoms with Crippen LogP contribution in [0.2, 0.25) is 6.04 Å². The lowest BCUT2D eigenvalue weighted by molar-refractivity contribution is 0.302. The minimum Gasteiger partial charge on any atom is -0.490 e. The van der Waals surface area contributed by atoms with E-state index in [1.54, 1.807) is 6.07 Å². The molecule has 2 rings (SSSR count). The lowest BCUT2D eigenvalue weighted by Gasteiger charge is -2.13. The van der Waals surface area contributed by atoms with E-state index >= 15 is 0 Å². The SMILES string of the molecule is Fc1cccc(-c2ccccc2)c1OCCC[Si](Cl)(Cl)Cl. The van der Waals surface area contributed by atoms with Gasteiger partial charge < -0.3 is 4.74 Å². The van der Waals surface area contributed by atoms with Gasteiger partial charge in [-0.15, -0.1) is 33.2 Å². The Kier molecular flexibility index (Phi) is 5.94. The Balaban J connectivity index is 2.12. The zero-order valence-corrected chi connectivity index (χ0v) is 14.4. The predicted octanol–water partition coefficient (Wildman–Crippen LogP) is 5.92. The van der Waals surface area contributed by atoms with Crippen LogP contribution >= 0.6 is 33.2 Å². The van der Waals surface area contributed by atoms with Gasteiger partial charge in [-0.3, -0.25) is 0 Å². The Morgan fingerprint density at radius 1 is 0.952 bits per heavy atom. The second kappa shape index (κ2) is 7.50. The van der Waals surface area contributed by atoms with Gasteiger partial charge in [0.15, 0.2) is 11.6 Å². The summed E-state index contributed by atoms with van der Waals surface area (Å²) in [6.07, 6.45) is 0.589. The highest BCUT2D eigenvalue weighted by atomic mass is 35.8. The number of ether oxygens (including phenoxy) is 1. The summed E-state index contributed by atoms with van der Waals surface area (Å²) in [7, 11) is 0. The lowest BCUT2D eigenvalue weighted by atomic mass is 10.0. The second-order valence-corrected chi connectivity index (χ2v) is 13.8. The molecule has 112 valence electrons. The molecule has 0 N–H and O–H groups in total. The Hall–Kier alpha value is -0.743. The maximum absolute atomic E-state index is 14.0. The van der Waals surface area contributed by atoms with Gasteiger partial charge in [0.25, 0.3) is 0 Å². The zero-order valence-electron chi connectivity index (χ0n) is 11.2. The number of rotatable bonds is 6. The van der Waals surface area contributed by atoms with Crippen molar-refractivity contribution in [3.63, 3.8) is 0 Å². The third-order valence-electron chi connectivity index (χ3n) is 2.90. The van der Waals surface area contributed by atoms with Crippen LogP contribution in [0, 0.1) is 5.82 Å². The molecule has 0 spiro atoms. The van der Waals surface area contributed by atoms with Crippen molar-refractivity contribution in [2.75, 3.05) is 6.61 Å². The quantitative estimate of drug-likeness (QED) is 0.352. The molecule has 2 aromatic rings. The second-order valence-electron chi connectivity index (χ2n) is 4.55. The Morgan fingerprint density at radius 2 is 1.67 bits per heavy atom. The highest BCUT2D eigenvalue weighted by Crippen LogP contribution is 2.33. The molecule has 21 heavy (non-hydrogen) atoms. The van der Waals surface area contributed by atoms with E-state index in [1.807, 2.05) is 36.4 Å². The first-order valence-electron chi connectivity index (χ1n) is 6.51. The summed E-state index contributed by atoms with van der Waals surface area (Å²) in [5.41, 5.74) is 1.63. The lowest BCUT2D eigenvalue weighted by Crippen LogP contribution is -2.11. The van der Waals surface area contributed by atoms with Gasteiger partial charge in [0.05, 0.1) is 6.61 Å². The van der Waals surface area contributed by atoms with Crippen molar-refractivity contribution in [2.45, 2.75) is 12.5 Å². The summed E-state index contributed by atoms with van der Waals surface area (Å²) < 4.78 is 19.6. The van der Waals surface area contributed by atoms with E-state index in [9.17, 15) is 4.39 Å². The molecule has 0 aliphatic carbocycles. The Labute approximate surface area is 138 Å². The first kappa shape index (κ1) is 16.6. The van der Waals surface area contributed by atoms with E-state index in [-0.39, 0.29) is 11.6 Å². The highest BCUT2D eigenvalue weighted by molar-refractivity contribution is 7.64. The summed E-state index contributed by atoms with van der Waals surface area (Å²) in [5, 5.41) is 0. The third kappa shape index (κ3) is 5.18. The van der Waals surface area contributed by atoms with Crippen molar-refractivity contribution >= 4 is 39.2 Å². The van der Waals surface area contributed by atoms with Crippen LogP contribution in [0.4, 0.5) is 4.39 Å². The minimum atomic E-state index is -2.64. The fourth-order valence-corrected chi connectivity index (χ4v) is 3.70. The van der Waals surface area contributed by atoms with Crippen molar-refractivity contribution in [1.29, 1.82) is 0 Å². The molecule has 0 saturated carbocycles. The van der Waals surface area contributed by atoms with Gasteiger partial charge in [0.1, 0.15) is 0 Å². The fourth-order valence-electron chi connectivity index (χ4n) is 1.95. The maximum Gasteiger partial charge on any atom is 0.341 e. The molecule has 2 aromatic carbocycles. The van der Waals surface area contributed by atoms with E-state index < -0.39 is 6.00 Å². The monoisotopic (exact) mass is 362 g/mol. The number of hydrogen-bond acceptors (Lipinski definition) is 1. The largest absolute Gasteiger partial charge is 0.490 e. The van der Waals surface area contributed by atoms with Crippen LogP contribution in [0.5, 0.6) is 5.75 Å². The van der Waals surface area contributed by atoms with Gasteiger partial charge in [-0.05, 0) is 24.1 Å². The van der Waals surface area contributed by atoms with Crippen LogP contribution in [0.15, 0.2) is 48.5 Å². The Bertz CT molecular complexity index is 587. The molecular weight excluding hydrogens is 350 g/mol. The maximum atomic E-state index is 14.0. The van der Waals surface area contributed by atoms with Crippen LogP contribution < -0.4 is 4.74 Å². The summed E-state index contributed by atoms with van der Waals surface area (Å²) >= 11 is 17.4. The van der Waals surface area contributed by atoms with E-state index in [4.69, 9.17) is 38.0 Å². The third-order valence-corrected chi connectivity index (χ3v) is 5.52. The number of para-hydroxylation sites is 1. The number of halogens is 4. The van der Waals surface area contributed by atoms with Crippen LogP contribution in [-0.2, 0) is 0 Å². The highest BCUT2D eigenvalue weighted by Gasteiger charge is 2.24. The predicted molar refractivity (Wildman–Crippen MR) is 90.1 cm³/mol. The molecule has 1 nitrogen and oxygen atoms in total. The first-order chi connectivity index (χ1) is 9.97. The smallest absolute Gasteiger partial charge is 0.341 e. The minimum absolute atomic E-state index is 0.245. The molecule has 0 bridgehead atoms. The van der Waals surface area contributed by atoms with Gasteiger partial charge in [-0.25, -0.2) is 4.39 Å². The van der Waals surface area contributed by atoms with Gasteiger partial charge in [-0.2, -0.15) is 0 Å². The summed E-state index contributed by atoms with van der Waals surface area (Å²) in [5.74, 6) is -0.142. The van der Waals surface area contributed by atoms with Crippen molar-refractivity contribution in [3.05, 3.63) is 54.3 Å². The van der Waals surface area contributed by atoms with E-state index in [1.165, 1.54) is 6.07 Å². The van der Waals surface area contributed by atoms with Crippen LogP contribution in [0.1, 0.15) is 6.42 Å². The average Bonchev–Trinajstić information content (AvgIpc) is 2.44. The number of benzene rings is 2. The van der Waals surface area contributed by atoms with Gasteiger partial charge >= 0.3 is 6.00 Å². The summed E-state index contributed by atoms with van der Waals surface area (Å²) in [4.78, 5) is 0. The van der Waals surface area contributed by atoms with Crippen molar-refractivity contribution in [2.24, 2.45) is 0 Å². The van der Waals surface area contributed by atoms with Gasteiger partial charge in [-0.1, -0.05) is 42.5 Å². The molecule has 0 radical (unpaired) electrons. The molecular formula is C15H14Cl3FOSi. The molecule has 0 fully saturated rings. The normalized spacial score (nSPS) is 11.4. The van der Waals surface area contributed by atoms with Crippen molar-refractivity contribution < 1.29 is 9.13 Å². The van der Waals surface area contributed by atoms with Crippen LogP contribution in [-0.4, -0.2) is 12.6 Å². The van der Waals surface area contributed by atoms with Gasteiger partial charge in [0.2, 0.25) is 0 Å². The van der Waals surface area contributed by atoms with Crippen LogP contribution in [0.25, 0.3) is 11.1 Å². The molecule has 0 aliphatic rings. The zero-order chi connectivity index (χ0) is 15.3. The standard InChI is InChI=1S/C15H14Cl3FOSi/c16-21(17,18)11-5-10-20-15-13(8-4-9-14(15)19)12-6-2-1-3-7-12/h1-4,6-9H,5,10-11H2. The molecule has 6 heteroatoms. The fraction of sp³-hybridized carbons (Fsp3) is 0.200. The average molecular weight is 364 g/mol. The molecule has 0 aromatic heterocycles. The van der Waals surface area contributed by atoms with E-state index in [0.29, 0.717) is 19.1 Å². The van der Waals surface area contributed by atoms with Crippen molar-refractivity contribution in [3.8, 4) is 16.9 Å². The molecule has 0 aliphatic heterocycles. The first-order valence-corrected chi connectivity index (χ1v) is 11.7. The van der Waals surface area contributed by atoms with E-state index in [0.717, 1.165) is 11.1 Å². The summed E-state index contributed by atoms with van der Waals surface area (Å²) in [6, 6.07) is 12.3. The summed E-state index contributed by atoms with van der Waals surface area (Å²) in [6.45, 7) is 0.321. The molecule has 0 saturated heterocycles.